The molecular formula is C19H23ClN2OS. The molecule has 0 aliphatic heterocycles. The van der Waals surface area contributed by atoms with Gasteiger partial charge in [0.15, 0.2) is 5.16 Å². The second-order valence-electron chi connectivity index (χ2n) is 6.43. The summed E-state index contributed by atoms with van der Waals surface area (Å²) in [6.45, 7) is 2.65. The summed E-state index contributed by atoms with van der Waals surface area (Å²) >= 11 is 7.51. The average molecular weight is 363 g/mol. The highest BCUT2D eigenvalue weighted by atomic mass is 35.5. The molecule has 24 heavy (non-hydrogen) atoms. The highest BCUT2D eigenvalue weighted by Crippen LogP contribution is 2.27. The summed E-state index contributed by atoms with van der Waals surface area (Å²) in [6, 6.07) is 7.62. The minimum atomic E-state index is 0.0836. The zero-order valence-electron chi connectivity index (χ0n) is 14.0. The van der Waals surface area contributed by atoms with Gasteiger partial charge in [-0.05, 0) is 37.8 Å². The molecule has 3 rings (SSSR count). The Balaban J connectivity index is 1.96. The van der Waals surface area contributed by atoms with E-state index in [0.717, 1.165) is 28.0 Å². The third kappa shape index (κ3) is 4.22. The Kier molecular flexibility index (Phi) is 6.01. The summed E-state index contributed by atoms with van der Waals surface area (Å²) in [7, 11) is 0. The van der Waals surface area contributed by atoms with Crippen LogP contribution in [0, 0.1) is 5.92 Å². The number of rotatable bonds is 5. The van der Waals surface area contributed by atoms with E-state index < -0.39 is 0 Å². The van der Waals surface area contributed by atoms with Crippen molar-refractivity contribution in [3.05, 3.63) is 45.7 Å². The SMILES string of the molecule is C/C(Cl)=C/CSc1nc2ccccc2c(=O)n1CC1CCCCC1. The minimum Gasteiger partial charge on any atom is -0.287 e. The van der Waals surface area contributed by atoms with Gasteiger partial charge in [0.1, 0.15) is 0 Å². The van der Waals surface area contributed by atoms with Crippen LogP contribution in [0.4, 0.5) is 0 Å². The van der Waals surface area contributed by atoms with E-state index in [1.165, 1.54) is 32.1 Å². The smallest absolute Gasteiger partial charge is 0.262 e. The molecule has 1 aromatic carbocycles. The molecule has 1 saturated carbocycles. The molecule has 0 spiro atoms. The van der Waals surface area contributed by atoms with Gasteiger partial charge in [-0.1, -0.05) is 60.8 Å². The van der Waals surface area contributed by atoms with Crippen LogP contribution in [0.5, 0.6) is 0 Å². The van der Waals surface area contributed by atoms with Gasteiger partial charge < -0.3 is 0 Å². The van der Waals surface area contributed by atoms with Crippen LogP contribution < -0.4 is 5.56 Å². The summed E-state index contributed by atoms with van der Waals surface area (Å²) in [5.74, 6) is 1.31. The molecule has 2 aromatic rings. The predicted molar refractivity (Wildman–Crippen MR) is 103 cm³/mol. The van der Waals surface area contributed by atoms with E-state index in [9.17, 15) is 4.79 Å². The van der Waals surface area contributed by atoms with Crippen molar-refractivity contribution in [2.45, 2.75) is 50.7 Å². The summed E-state index contributed by atoms with van der Waals surface area (Å²) < 4.78 is 1.89. The number of hydrogen-bond donors (Lipinski definition) is 0. The lowest BCUT2D eigenvalue weighted by atomic mass is 9.89. The molecular weight excluding hydrogens is 340 g/mol. The number of para-hydroxylation sites is 1. The van der Waals surface area contributed by atoms with Gasteiger partial charge in [0.25, 0.3) is 5.56 Å². The number of fused-ring (bicyclic) bond motifs is 1. The van der Waals surface area contributed by atoms with Crippen molar-refractivity contribution in [1.82, 2.24) is 9.55 Å². The Morgan fingerprint density at radius 2 is 2.08 bits per heavy atom. The molecule has 5 heteroatoms. The third-order valence-electron chi connectivity index (χ3n) is 4.57. The molecule has 0 atom stereocenters. The first kappa shape index (κ1) is 17.6. The lowest BCUT2D eigenvalue weighted by Gasteiger charge is -2.23. The monoisotopic (exact) mass is 362 g/mol. The van der Waals surface area contributed by atoms with Crippen LogP contribution >= 0.6 is 23.4 Å². The lowest BCUT2D eigenvalue weighted by Crippen LogP contribution is -2.27. The van der Waals surface area contributed by atoms with Crippen LogP contribution in [-0.2, 0) is 6.54 Å². The number of thioether (sulfide) groups is 1. The standard InChI is InChI=1S/C19H23ClN2OS/c1-14(20)11-12-24-19-21-17-10-6-5-9-16(17)18(23)22(19)13-15-7-3-2-4-8-15/h5-6,9-11,15H,2-4,7-8,12-13H2,1H3/b14-11-. The van der Waals surface area contributed by atoms with E-state index in [-0.39, 0.29) is 5.56 Å². The number of allylic oxidation sites excluding steroid dienone is 1. The van der Waals surface area contributed by atoms with Gasteiger partial charge in [-0.25, -0.2) is 4.98 Å². The highest BCUT2D eigenvalue weighted by molar-refractivity contribution is 7.99. The molecule has 3 nitrogen and oxygen atoms in total. The van der Waals surface area contributed by atoms with Crippen molar-refractivity contribution in [3.63, 3.8) is 0 Å². The van der Waals surface area contributed by atoms with Crippen LogP contribution in [-0.4, -0.2) is 15.3 Å². The molecule has 1 fully saturated rings. The Morgan fingerprint density at radius 1 is 1.33 bits per heavy atom. The molecule has 0 radical (unpaired) electrons. The van der Waals surface area contributed by atoms with Gasteiger partial charge in [0.05, 0.1) is 10.9 Å². The van der Waals surface area contributed by atoms with E-state index >= 15 is 0 Å². The minimum absolute atomic E-state index is 0.0836. The van der Waals surface area contributed by atoms with Crippen LogP contribution in [0.25, 0.3) is 10.9 Å². The molecule has 0 amide bonds. The van der Waals surface area contributed by atoms with Gasteiger partial charge in [-0.2, -0.15) is 0 Å². The number of halogens is 1. The quantitative estimate of drug-likeness (QED) is 0.540. The fourth-order valence-corrected chi connectivity index (χ4v) is 4.41. The zero-order chi connectivity index (χ0) is 16.9. The topological polar surface area (TPSA) is 34.9 Å². The molecule has 0 N–H and O–H groups in total. The number of nitrogens with zero attached hydrogens (tertiary/aromatic N) is 2. The van der Waals surface area contributed by atoms with Crippen molar-refractivity contribution in [2.24, 2.45) is 5.92 Å². The number of aromatic nitrogens is 2. The Labute approximate surface area is 152 Å². The van der Waals surface area contributed by atoms with Crippen molar-refractivity contribution < 1.29 is 0 Å². The van der Waals surface area contributed by atoms with E-state index in [0.29, 0.717) is 11.3 Å². The van der Waals surface area contributed by atoms with Crippen molar-refractivity contribution in [2.75, 3.05) is 5.75 Å². The summed E-state index contributed by atoms with van der Waals surface area (Å²) in [6.07, 6.45) is 8.25. The summed E-state index contributed by atoms with van der Waals surface area (Å²) in [4.78, 5) is 17.7. The maximum Gasteiger partial charge on any atom is 0.262 e. The van der Waals surface area contributed by atoms with Crippen LogP contribution in [0.3, 0.4) is 0 Å². The zero-order valence-corrected chi connectivity index (χ0v) is 15.6. The van der Waals surface area contributed by atoms with E-state index in [4.69, 9.17) is 16.6 Å². The second kappa shape index (κ2) is 8.21. The Bertz CT molecular complexity index is 790. The van der Waals surface area contributed by atoms with Gasteiger partial charge in [-0.3, -0.25) is 9.36 Å². The van der Waals surface area contributed by atoms with Gasteiger partial charge >= 0.3 is 0 Å². The normalized spacial score (nSPS) is 16.7. The maximum absolute atomic E-state index is 13.0. The molecule has 0 unspecified atom stereocenters. The van der Waals surface area contributed by atoms with E-state index in [2.05, 4.69) is 0 Å². The molecule has 0 saturated heterocycles. The Hall–Kier alpha value is -1.26. The first-order chi connectivity index (χ1) is 11.6. The maximum atomic E-state index is 13.0. The van der Waals surface area contributed by atoms with Crippen LogP contribution in [0.1, 0.15) is 39.0 Å². The molecule has 1 heterocycles. The van der Waals surface area contributed by atoms with Gasteiger partial charge in [0, 0.05) is 17.3 Å². The fraction of sp³-hybridized carbons (Fsp3) is 0.474. The fourth-order valence-electron chi connectivity index (χ4n) is 3.28. The van der Waals surface area contributed by atoms with Gasteiger partial charge in [0.2, 0.25) is 0 Å². The van der Waals surface area contributed by atoms with Crippen molar-refractivity contribution in [1.29, 1.82) is 0 Å². The molecule has 0 bridgehead atoms. The molecule has 128 valence electrons. The predicted octanol–water partition coefficient (Wildman–Crippen LogP) is 5.21. The first-order valence-electron chi connectivity index (χ1n) is 8.60. The van der Waals surface area contributed by atoms with E-state index in [1.807, 2.05) is 41.8 Å². The van der Waals surface area contributed by atoms with Crippen molar-refractivity contribution >= 4 is 34.3 Å². The Morgan fingerprint density at radius 3 is 2.83 bits per heavy atom. The molecule has 1 aliphatic rings. The molecule has 1 aliphatic carbocycles. The summed E-state index contributed by atoms with van der Waals surface area (Å²) in [5, 5.41) is 2.28. The van der Waals surface area contributed by atoms with Crippen molar-refractivity contribution in [3.8, 4) is 0 Å². The number of hydrogen-bond acceptors (Lipinski definition) is 3. The lowest BCUT2D eigenvalue weighted by molar-refractivity contribution is 0.306. The van der Waals surface area contributed by atoms with Crippen LogP contribution in [0.2, 0.25) is 0 Å². The summed E-state index contributed by atoms with van der Waals surface area (Å²) in [5.41, 5.74) is 0.858. The second-order valence-corrected chi connectivity index (χ2v) is 8.02. The average Bonchev–Trinajstić information content (AvgIpc) is 2.59. The number of benzene rings is 1. The first-order valence-corrected chi connectivity index (χ1v) is 9.96. The third-order valence-corrected chi connectivity index (χ3v) is 5.63. The van der Waals surface area contributed by atoms with E-state index in [1.54, 1.807) is 11.8 Å². The highest BCUT2D eigenvalue weighted by Gasteiger charge is 2.18. The molecule has 1 aromatic heterocycles. The van der Waals surface area contributed by atoms with Crippen LogP contribution in [0.15, 0.2) is 45.3 Å². The van der Waals surface area contributed by atoms with Gasteiger partial charge in [-0.15, -0.1) is 0 Å². The largest absolute Gasteiger partial charge is 0.287 e.